The molecule has 0 bridgehead atoms. The number of imidazole rings is 1. The monoisotopic (exact) mass is 438 g/mol. The van der Waals surface area contributed by atoms with Crippen LogP contribution in [0.3, 0.4) is 0 Å². The van der Waals surface area contributed by atoms with Gasteiger partial charge in [-0.25, -0.2) is 4.98 Å². The molecule has 0 fully saturated rings. The first-order valence-electron chi connectivity index (χ1n) is 2.80. The molecule has 0 aromatic carbocycles. The number of rotatable bonds is 2. The van der Waals surface area contributed by atoms with Crippen molar-refractivity contribution in [1.29, 1.82) is 0 Å². The van der Waals surface area contributed by atoms with Crippen LogP contribution in [0.15, 0.2) is 17.4 Å². The maximum atomic E-state index is 4.15. The van der Waals surface area contributed by atoms with Crippen LogP contribution in [-0.2, 0) is 6.54 Å². The molecular formula is C6H5BrI2N2. The fourth-order valence-electron chi connectivity index (χ4n) is 0.638. The van der Waals surface area contributed by atoms with Gasteiger partial charge in [0.2, 0.25) is 0 Å². The van der Waals surface area contributed by atoms with Gasteiger partial charge in [-0.05, 0) is 45.2 Å². The molecule has 2 nitrogen and oxygen atoms in total. The maximum absolute atomic E-state index is 4.15. The number of allylic oxidation sites excluding steroid dienone is 1. The second-order valence-electron chi connectivity index (χ2n) is 1.97. The first-order valence-corrected chi connectivity index (χ1v) is 5.75. The van der Waals surface area contributed by atoms with E-state index in [1.165, 1.54) is 0 Å². The van der Waals surface area contributed by atoms with E-state index >= 15 is 0 Å². The fraction of sp³-hybridized carbons (Fsp3) is 0.167. The smallest absolute Gasteiger partial charge is 0.132 e. The third kappa shape index (κ3) is 2.69. The van der Waals surface area contributed by atoms with Gasteiger partial charge in [-0.1, -0.05) is 22.5 Å². The van der Waals surface area contributed by atoms with Crippen molar-refractivity contribution >= 4 is 61.1 Å². The highest BCUT2D eigenvalue weighted by Crippen LogP contribution is 2.15. The van der Waals surface area contributed by atoms with Crippen LogP contribution in [-0.4, -0.2) is 9.55 Å². The zero-order chi connectivity index (χ0) is 8.43. The molecule has 0 spiro atoms. The van der Waals surface area contributed by atoms with Crippen LogP contribution < -0.4 is 0 Å². The van der Waals surface area contributed by atoms with Gasteiger partial charge in [0.05, 0.1) is 12.9 Å². The predicted octanol–water partition coefficient (Wildman–Crippen LogP) is 3.00. The van der Waals surface area contributed by atoms with Crippen molar-refractivity contribution in [2.24, 2.45) is 0 Å². The van der Waals surface area contributed by atoms with Crippen LogP contribution in [0, 0.1) is 7.40 Å². The van der Waals surface area contributed by atoms with Crippen LogP contribution in [0.4, 0.5) is 0 Å². The molecule has 0 atom stereocenters. The second-order valence-corrected chi connectivity index (χ2v) is 5.14. The van der Waals surface area contributed by atoms with E-state index < -0.39 is 0 Å². The molecule has 0 aliphatic rings. The summed E-state index contributed by atoms with van der Waals surface area (Å²) in [5.74, 6) is 0. The quantitative estimate of drug-likeness (QED) is 0.649. The number of nitrogens with zero attached hydrogens (tertiary/aromatic N) is 2. The summed E-state index contributed by atoms with van der Waals surface area (Å²) >= 11 is 7.78. The molecule has 1 heterocycles. The van der Waals surface area contributed by atoms with E-state index in [0.29, 0.717) is 0 Å². The highest BCUT2D eigenvalue weighted by molar-refractivity contribution is 14.1. The Morgan fingerprint density at radius 1 is 1.73 bits per heavy atom. The highest BCUT2D eigenvalue weighted by Gasteiger charge is 2.03. The number of hydrogen-bond acceptors (Lipinski definition) is 1. The molecule has 1 rings (SSSR count). The van der Waals surface area contributed by atoms with E-state index in [1.807, 2.05) is 10.9 Å². The minimum Gasteiger partial charge on any atom is -0.320 e. The Bertz CT molecular complexity index is 282. The highest BCUT2D eigenvalue weighted by atomic mass is 127. The number of halogens is 3. The summed E-state index contributed by atoms with van der Waals surface area (Å²) in [5.41, 5.74) is 0. The Labute approximate surface area is 101 Å². The van der Waals surface area contributed by atoms with Crippen LogP contribution in [0.2, 0.25) is 0 Å². The van der Waals surface area contributed by atoms with E-state index in [0.717, 1.165) is 18.4 Å². The van der Waals surface area contributed by atoms with Crippen molar-refractivity contribution in [2.45, 2.75) is 6.54 Å². The van der Waals surface area contributed by atoms with E-state index in [1.54, 1.807) is 0 Å². The normalized spacial score (nSPS) is 10.1. The van der Waals surface area contributed by atoms with E-state index in [4.69, 9.17) is 0 Å². The molecule has 0 N–H and O–H groups in total. The number of hydrogen-bond donors (Lipinski definition) is 0. The van der Waals surface area contributed by atoms with Gasteiger partial charge in [-0.2, -0.15) is 0 Å². The molecule has 0 unspecified atom stereocenters. The Kier molecular flexibility index (Phi) is 3.83. The topological polar surface area (TPSA) is 17.8 Å². The van der Waals surface area contributed by atoms with Crippen LogP contribution in [0.1, 0.15) is 0 Å². The average Bonchev–Trinajstić information content (AvgIpc) is 2.18. The average molecular weight is 439 g/mol. The third-order valence-electron chi connectivity index (χ3n) is 1.07. The lowest BCUT2D eigenvalue weighted by molar-refractivity contribution is 0.794. The van der Waals surface area contributed by atoms with Crippen molar-refractivity contribution in [1.82, 2.24) is 9.55 Å². The van der Waals surface area contributed by atoms with Crippen molar-refractivity contribution in [3.63, 3.8) is 0 Å². The first kappa shape index (κ1) is 9.97. The molecule has 0 aliphatic heterocycles. The van der Waals surface area contributed by atoms with Gasteiger partial charge in [-0.15, -0.1) is 0 Å². The fourth-order valence-corrected chi connectivity index (χ4v) is 1.78. The lowest BCUT2D eigenvalue weighted by Crippen LogP contribution is -1.97. The van der Waals surface area contributed by atoms with Crippen molar-refractivity contribution < 1.29 is 0 Å². The van der Waals surface area contributed by atoms with E-state index in [-0.39, 0.29) is 0 Å². The molecule has 0 saturated heterocycles. The third-order valence-corrected chi connectivity index (χ3v) is 4.28. The van der Waals surface area contributed by atoms with Gasteiger partial charge >= 0.3 is 0 Å². The zero-order valence-electron chi connectivity index (χ0n) is 5.52. The van der Waals surface area contributed by atoms with Gasteiger partial charge in [0.1, 0.15) is 7.40 Å². The van der Waals surface area contributed by atoms with Gasteiger partial charge in [0.15, 0.2) is 0 Å². The summed E-state index contributed by atoms with van der Waals surface area (Å²) in [6, 6.07) is 0. The lowest BCUT2D eigenvalue weighted by atomic mass is 10.6. The largest absolute Gasteiger partial charge is 0.320 e. The van der Waals surface area contributed by atoms with Gasteiger partial charge in [0.25, 0.3) is 0 Å². The molecule has 0 radical (unpaired) electrons. The zero-order valence-corrected chi connectivity index (χ0v) is 11.4. The SMILES string of the molecule is C=C(Br)Cn1cnc(I)c1I. The summed E-state index contributed by atoms with van der Waals surface area (Å²) in [6.45, 7) is 4.55. The summed E-state index contributed by atoms with van der Waals surface area (Å²) in [4.78, 5) is 4.15. The van der Waals surface area contributed by atoms with E-state index in [2.05, 4.69) is 72.7 Å². The minimum atomic E-state index is 0.786. The van der Waals surface area contributed by atoms with Gasteiger partial charge < -0.3 is 4.57 Å². The summed E-state index contributed by atoms with van der Waals surface area (Å²) in [5, 5.41) is 0. The molecule has 0 amide bonds. The molecule has 1 aromatic heterocycles. The molecule has 5 heteroatoms. The Morgan fingerprint density at radius 2 is 2.36 bits per heavy atom. The molecule has 60 valence electrons. The molecule has 1 aromatic rings. The van der Waals surface area contributed by atoms with Crippen LogP contribution >= 0.6 is 61.1 Å². The lowest BCUT2D eigenvalue weighted by Gasteiger charge is -2.00. The molecular weight excluding hydrogens is 434 g/mol. The van der Waals surface area contributed by atoms with Crippen molar-refractivity contribution in [2.75, 3.05) is 0 Å². The van der Waals surface area contributed by atoms with Gasteiger partial charge in [-0.3, -0.25) is 0 Å². The Balaban J connectivity index is 2.87. The Morgan fingerprint density at radius 3 is 2.73 bits per heavy atom. The predicted molar refractivity (Wildman–Crippen MR) is 65.7 cm³/mol. The minimum absolute atomic E-state index is 0.786. The second kappa shape index (κ2) is 4.22. The summed E-state index contributed by atoms with van der Waals surface area (Å²) in [6.07, 6.45) is 1.82. The standard InChI is InChI=1S/C6H5BrI2N2/c1-4(7)2-11-3-10-5(8)6(11)9/h3H,1-2H2. The maximum Gasteiger partial charge on any atom is 0.132 e. The molecule has 11 heavy (non-hydrogen) atoms. The summed E-state index contributed by atoms with van der Waals surface area (Å²) in [7, 11) is 0. The van der Waals surface area contributed by atoms with Crippen molar-refractivity contribution in [3.8, 4) is 0 Å². The first-order chi connectivity index (χ1) is 5.11. The van der Waals surface area contributed by atoms with Crippen LogP contribution in [0.5, 0.6) is 0 Å². The Hall–Kier alpha value is 0.890. The van der Waals surface area contributed by atoms with Crippen LogP contribution in [0.25, 0.3) is 0 Å². The number of aromatic nitrogens is 2. The summed E-state index contributed by atoms with van der Waals surface area (Å²) < 4.78 is 5.20. The van der Waals surface area contributed by atoms with E-state index in [9.17, 15) is 0 Å². The van der Waals surface area contributed by atoms with Gasteiger partial charge in [0, 0.05) is 4.48 Å². The van der Waals surface area contributed by atoms with Crippen molar-refractivity contribution in [3.05, 3.63) is 24.8 Å². The molecule has 0 saturated carbocycles. The molecule has 0 aliphatic carbocycles.